The molecule has 0 heterocycles. The maximum atomic E-state index is 8.93. The molecule has 0 fully saturated rings. The molecule has 3 nitrogen and oxygen atoms in total. The standard InChI is InChI=1S/C15H18O3/c1-17-14-7-3-6-13-12(14)9-8-11(5-4-10-16)15(13)18-2/h3,6-9,16H,4-5,10H2,1-2H3. The first-order valence-electron chi connectivity index (χ1n) is 6.05. The SMILES string of the molecule is COc1cccc2c(OC)c(CCCO)ccc12. The first-order chi connectivity index (χ1) is 8.81. The number of methoxy groups -OCH3 is 2. The van der Waals surface area contributed by atoms with E-state index in [1.165, 1.54) is 0 Å². The minimum absolute atomic E-state index is 0.194. The summed E-state index contributed by atoms with van der Waals surface area (Å²) in [7, 11) is 3.34. The average molecular weight is 246 g/mol. The van der Waals surface area contributed by atoms with Gasteiger partial charge in [0, 0.05) is 17.4 Å². The number of aliphatic hydroxyl groups is 1. The van der Waals surface area contributed by atoms with E-state index in [0.717, 1.165) is 40.7 Å². The summed E-state index contributed by atoms with van der Waals surface area (Å²) in [5.74, 6) is 1.72. The number of benzene rings is 2. The second-order valence-corrected chi connectivity index (χ2v) is 4.14. The summed E-state index contributed by atoms with van der Waals surface area (Å²) >= 11 is 0. The molecule has 0 spiro atoms. The van der Waals surface area contributed by atoms with Gasteiger partial charge in [-0.25, -0.2) is 0 Å². The summed E-state index contributed by atoms with van der Waals surface area (Å²) in [6.07, 6.45) is 1.55. The number of aryl methyl sites for hydroxylation is 1. The van der Waals surface area contributed by atoms with Crippen molar-refractivity contribution in [2.24, 2.45) is 0 Å². The largest absolute Gasteiger partial charge is 0.496 e. The van der Waals surface area contributed by atoms with Crippen LogP contribution in [-0.2, 0) is 6.42 Å². The number of fused-ring (bicyclic) bond motifs is 1. The Balaban J connectivity index is 2.57. The average Bonchev–Trinajstić information content (AvgIpc) is 2.43. The number of rotatable bonds is 5. The predicted octanol–water partition coefficient (Wildman–Crippen LogP) is 2.78. The highest BCUT2D eigenvalue weighted by atomic mass is 16.5. The normalized spacial score (nSPS) is 10.6. The zero-order chi connectivity index (χ0) is 13.0. The summed E-state index contributed by atoms with van der Waals surface area (Å²) in [5, 5.41) is 11.0. The Morgan fingerprint density at radius 2 is 1.83 bits per heavy atom. The van der Waals surface area contributed by atoms with Crippen LogP contribution < -0.4 is 9.47 Å². The molecule has 0 aliphatic heterocycles. The molecule has 2 aromatic carbocycles. The molecular formula is C15H18O3. The highest BCUT2D eigenvalue weighted by molar-refractivity contribution is 5.94. The smallest absolute Gasteiger partial charge is 0.130 e. The van der Waals surface area contributed by atoms with Crippen molar-refractivity contribution in [3.05, 3.63) is 35.9 Å². The summed E-state index contributed by atoms with van der Waals surface area (Å²) < 4.78 is 10.9. The molecule has 0 aliphatic carbocycles. The van der Waals surface area contributed by atoms with Crippen LogP contribution in [0.1, 0.15) is 12.0 Å². The molecule has 0 saturated heterocycles. The van der Waals surface area contributed by atoms with Gasteiger partial charge in [-0.1, -0.05) is 24.3 Å². The molecule has 0 unspecified atom stereocenters. The van der Waals surface area contributed by atoms with E-state index in [4.69, 9.17) is 14.6 Å². The highest BCUT2D eigenvalue weighted by Gasteiger charge is 2.10. The lowest BCUT2D eigenvalue weighted by molar-refractivity contribution is 0.288. The number of aliphatic hydroxyl groups excluding tert-OH is 1. The van der Waals surface area contributed by atoms with Crippen LogP contribution in [0, 0.1) is 0 Å². The molecule has 96 valence electrons. The topological polar surface area (TPSA) is 38.7 Å². The Kier molecular flexibility index (Phi) is 4.05. The van der Waals surface area contributed by atoms with Gasteiger partial charge in [0.15, 0.2) is 0 Å². The summed E-state index contributed by atoms with van der Waals surface area (Å²) in [5.41, 5.74) is 1.12. The summed E-state index contributed by atoms with van der Waals surface area (Å²) in [6, 6.07) is 10.0. The van der Waals surface area contributed by atoms with Crippen LogP contribution in [0.15, 0.2) is 30.3 Å². The van der Waals surface area contributed by atoms with E-state index in [9.17, 15) is 0 Å². The Morgan fingerprint density at radius 3 is 2.50 bits per heavy atom. The second-order valence-electron chi connectivity index (χ2n) is 4.14. The molecule has 0 amide bonds. The number of ether oxygens (including phenoxy) is 2. The Labute approximate surface area is 107 Å². The molecule has 2 aromatic rings. The minimum Gasteiger partial charge on any atom is -0.496 e. The third-order valence-electron chi connectivity index (χ3n) is 3.08. The van der Waals surface area contributed by atoms with Crippen LogP contribution in [0.3, 0.4) is 0 Å². The molecular weight excluding hydrogens is 228 g/mol. The molecule has 0 aromatic heterocycles. The monoisotopic (exact) mass is 246 g/mol. The predicted molar refractivity (Wildman–Crippen MR) is 72.5 cm³/mol. The van der Waals surface area contributed by atoms with Crippen LogP contribution in [0.25, 0.3) is 10.8 Å². The fraction of sp³-hybridized carbons (Fsp3) is 0.333. The van der Waals surface area contributed by atoms with Gasteiger partial charge in [0.2, 0.25) is 0 Å². The molecule has 1 N–H and O–H groups in total. The Bertz CT molecular complexity index is 534. The van der Waals surface area contributed by atoms with Gasteiger partial charge in [-0.15, -0.1) is 0 Å². The molecule has 0 aliphatic rings. The highest BCUT2D eigenvalue weighted by Crippen LogP contribution is 2.35. The number of hydrogen-bond acceptors (Lipinski definition) is 3. The summed E-state index contributed by atoms with van der Waals surface area (Å²) in [4.78, 5) is 0. The first-order valence-corrected chi connectivity index (χ1v) is 6.05. The molecule has 0 radical (unpaired) electrons. The first kappa shape index (κ1) is 12.7. The third kappa shape index (κ3) is 2.27. The van der Waals surface area contributed by atoms with Gasteiger partial charge in [-0.3, -0.25) is 0 Å². The summed E-state index contributed by atoms with van der Waals surface area (Å²) in [6.45, 7) is 0.194. The van der Waals surface area contributed by atoms with Gasteiger partial charge in [-0.2, -0.15) is 0 Å². The minimum atomic E-state index is 0.194. The van der Waals surface area contributed by atoms with E-state index in [0.29, 0.717) is 0 Å². The van der Waals surface area contributed by atoms with Crippen LogP contribution in [0.5, 0.6) is 11.5 Å². The zero-order valence-corrected chi connectivity index (χ0v) is 10.8. The van der Waals surface area contributed by atoms with Gasteiger partial charge in [0.05, 0.1) is 14.2 Å². The van der Waals surface area contributed by atoms with Crippen LogP contribution in [-0.4, -0.2) is 25.9 Å². The van der Waals surface area contributed by atoms with E-state index in [1.807, 2.05) is 30.3 Å². The molecule has 0 saturated carbocycles. The van der Waals surface area contributed by atoms with Gasteiger partial charge in [-0.05, 0) is 24.5 Å². The van der Waals surface area contributed by atoms with Crippen molar-refractivity contribution in [3.8, 4) is 11.5 Å². The van der Waals surface area contributed by atoms with Crippen molar-refractivity contribution >= 4 is 10.8 Å². The molecule has 0 bridgehead atoms. The van der Waals surface area contributed by atoms with E-state index in [-0.39, 0.29) is 6.61 Å². The Morgan fingerprint density at radius 1 is 1.00 bits per heavy atom. The van der Waals surface area contributed by atoms with E-state index in [2.05, 4.69) is 0 Å². The maximum absolute atomic E-state index is 8.93. The molecule has 18 heavy (non-hydrogen) atoms. The lowest BCUT2D eigenvalue weighted by atomic mass is 10.0. The second kappa shape index (κ2) is 5.74. The van der Waals surface area contributed by atoms with Crippen molar-refractivity contribution in [2.45, 2.75) is 12.8 Å². The third-order valence-corrected chi connectivity index (χ3v) is 3.08. The number of hydrogen-bond donors (Lipinski definition) is 1. The van der Waals surface area contributed by atoms with E-state index in [1.54, 1.807) is 14.2 Å². The van der Waals surface area contributed by atoms with E-state index < -0.39 is 0 Å². The van der Waals surface area contributed by atoms with Crippen molar-refractivity contribution in [3.63, 3.8) is 0 Å². The van der Waals surface area contributed by atoms with Gasteiger partial charge >= 0.3 is 0 Å². The van der Waals surface area contributed by atoms with Gasteiger partial charge < -0.3 is 14.6 Å². The fourth-order valence-corrected chi connectivity index (χ4v) is 2.23. The van der Waals surface area contributed by atoms with Gasteiger partial charge in [0.1, 0.15) is 11.5 Å². The van der Waals surface area contributed by atoms with Gasteiger partial charge in [0.25, 0.3) is 0 Å². The lowest BCUT2D eigenvalue weighted by Gasteiger charge is -2.13. The molecule has 2 rings (SSSR count). The van der Waals surface area contributed by atoms with Crippen molar-refractivity contribution in [2.75, 3.05) is 20.8 Å². The lowest BCUT2D eigenvalue weighted by Crippen LogP contribution is -1.96. The fourth-order valence-electron chi connectivity index (χ4n) is 2.23. The van der Waals surface area contributed by atoms with Crippen LogP contribution in [0.2, 0.25) is 0 Å². The Hall–Kier alpha value is -1.74. The van der Waals surface area contributed by atoms with Crippen molar-refractivity contribution < 1.29 is 14.6 Å². The quantitative estimate of drug-likeness (QED) is 0.881. The van der Waals surface area contributed by atoms with Crippen LogP contribution >= 0.6 is 0 Å². The molecule has 0 atom stereocenters. The van der Waals surface area contributed by atoms with Crippen molar-refractivity contribution in [1.82, 2.24) is 0 Å². The van der Waals surface area contributed by atoms with Crippen LogP contribution in [0.4, 0.5) is 0 Å². The van der Waals surface area contributed by atoms with Crippen molar-refractivity contribution in [1.29, 1.82) is 0 Å². The maximum Gasteiger partial charge on any atom is 0.130 e. The van der Waals surface area contributed by atoms with E-state index >= 15 is 0 Å². The molecule has 3 heteroatoms. The zero-order valence-electron chi connectivity index (χ0n) is 10.8.